The molecule has 0 radical (unpaired) electrons. The molecule has 6 nitrogen and oxygen atoms in total. The number of amides is 1. The van der Waals surface area contributed by atoms with Gasteiger partial charge >= 0.3 is 0 Å². The fourth-order valence-electron chi connectivity index (χ4n) is 3.24. The van der Waals surface area contributed by atoms with Crippen LogP contribution in [0.3, 0.4) is 0 Å². The molecule has 6 heteroatoms. The van der Waals surface area contributed by atoms with Crippen LogP contribution in [0, 0.1) is 5.41 Å². The van der Waals surface area contributed by atoms with E-state index >= 15 is 0 Å². The number of anilines is 1. The minimum Gasteiger partial charge on any atom is -0.337 e. The molecule has 3 aromatic rings. The second-order valence-corrected chi connectivity index (χ2v) is 6.85. The Morgan fingerprint density at radius 2 is 2.08 bits per heavy atom. The van der Waals surface area contributed by atoms with Crippen LogP contribution in [0.2, 0.25) is 0 Å². The summed E-state index contributed by atoms with van der Waals surface area (Å²) in [6, 6.07) is 9.63. The maximum absolute atomic E-state index is 12.6. The zero-order valence-corrected chi connectivity index (χ0v) is 14.2. The van der Waals surface area contributed by atoms with Crippen molar-refractivity contribution in [1.29, 1.82) is 0 Å². The van der Waals surface area contributed by atoms with Crippen molar-refractivity contribution in [3.8, 4) is 11.4 Å². The van der Waals surface area contributed by atoms with Crippen molar-refractivity contribution in [2.45, 2.75) is 19.8 Å². The fourth-order valence-corrected chi connectivity index (χ4v) is 3.24. The van der Waals surface area contributed by atoms with E-state index in [1.165, 1.54) is 0 Å². The summed E-state index contributed by atoms with van der Waals surface area (Å²) >= 11 is 0. The van der Waals surface area contributed by atoms with Crippen LogP contribution in [0.1, 0.15) is 19.8 Å². The quantitative estimate of drug-likeness (QED) is 0.687. The van der Waals surface area contributed by atoms with E-state index in [9.17, 15) is 4.79 Å². The van der Waals surface area contributed by atoms with Gasteiger partial charge in [0.05, 0.1) is 22.6 Å². The molecular weight excluding hydrogens is 314 g/mol. The molecule has 128 valence electrons. The molecule has 1 aliphatic heterocycles. The Morgan fingerprint density at radius 3 is 2.80 bits per heavy atom. The molecule has 1 unspecified atom stereocenters. The Balaban J connectivity index is 1.51. The van der Waals surface area contributed by atoms with Gasteiger partial charge in [-0.15, -0.1) is 0 Å². The lowest BCUT2D eigenvalue weighted by Crippen LogP contribution is -2.46. The SMILES string of the molecule is CC1(C(=O)Nc2ccc(-c3nc4ccncc4[nH]3)cc2)CCCNC1. The van der Waals surface area contributed by atoms with Crippen LogP contribution in [0.15, 0.2) is 42.7 Å². The van der Waals surface area contributed by atoms with Gasteiger partial charge in [0.2, 0.25) is 5.91 Å². The minimum absolute atomic E-state index is 0.0715. The number of rotatable bonds is 3. The summed E-state index contributed by atoms with van der Waals surface area (Å²) in [5, 5.41) is 6.34. The van der Waals surface area contributed by atoms with Crippen LogP contribution in [0.25, 0.3) is 22.4 Å². The minimum atomic E-state index is -0.345. The molecular formula is C19H21N5O. The molecule has 2 aromatic heterocycles. The van der Waals surface area contributed by atoms with E-state index in [1.54, 1.807) is 12.4 Å². The van der Waals surface area contributed by atoms with E-state index in [2.05, 4.69) is 25.6 Å². The number of hydrogen-bond acceptors (Lipinski definition) is 4. The molecule has 4 rings (SSSR count). The van der Waals surface area contributed by atoms with E-state index in [-0.39, 0.29) is 11.3 Å². The van der Waals surface area contributed by atoms with Gasteiger partial charge in [-0.25, -0.2) is 4.98 Å². The summed E-state index contributed by atoms with van der Waals surface area (Å²) < 4.78 is 0. The fraction of sp³-hybridized carbons (Fsp3) is 0.316. The Kier molecular flexibility index (Phi) is 3.97. The maximum Gasteiger partial charge on any atom is 0.231 e. The number of nitrogens with one attached hydrogen (secondary N) is 3. The molecule has 3 N–H and O–H groups in total. The first-order valence-corrected chi connectivity index (χ1v) is 8.56. The molecule has 0 saturated carbocycles. The number of pyridine rings is 1. The molecule has 1 aliphatic rings. The van der Waals surface area contributed by atoms with E-state index in [0.29, 0.717) is 0 Å². The van der Waals surface area contributed by atoms with Crippen molar-refractivity contribution < 1.29 is 4.79 Å². The lowest BCUT2D eigenvalue weighted by molar-refractivity contribution is -0.125. The first kappa shape index (κ1) is 15.8. The van der Waals surface area contributed by atoms with Gasteiger partial charge in [0.1, 0.15) is 5.82 Å². The summed E-state index contributed by atoms with van der Waals surface area (Å²) in [5.41, 5.74) is 3.23. The second-order valence-electron chi connectivity index (χ2n) is 6.85. The zero-order chi connectivity index (χ0) is 17.3. The van der Waals surface area contributed by atoms with Gasteiger partial charge in [0.25, 0.3) is 0 Å². The van der Waals surface area contributed by atoms with Crippen molar-refractivity contribution >= 4 is 22.6 Å². The highest BCUT2D eigenvalue weighted by Crippen LogP contribution is 2.28. The van der Waals surface area contributed by atoms with Gasteiger partial charge in [-0.3, -0.25) is 9.78 Å². The number of hydrogen-bond donors (Lipinski definition) is 3. The molecule has 0 bridgehead atoms. The van der Waals surface area contributed by atoms with Gasteiger partial charge in [-0.2, -0.15) is 0 Å². The van der Waals surface area contributed by atoms with Crippen LogP contribution in [-0.2, 0) is 4.79 Å². The number of carbonyl (C=O) groups is 1. The van der Waals surface area contributed by atoms with Crippen molar-refractivity contribution in [1.82, 2.24) is 20.3 Å². The Labute approximate surface area is 146 Å². The third kappa shape index (κ3) is 3.13. The monoisotopic (exact) mass is 335 g/mol. The van der Waals surface area contributed by atoms with Crippen molar-refractivity contribution in [2.75, 3.05) is 18.4 Å². The van der Waals surface area contributed by atoms with Crippen molar-refractivity contribution in [3.63, 3.8) is 0 Å². The predicted octanol–water partition coefficient (Wildman–Crippen LogP) is 2.95. The molecule has 1 atom stereocenters. The molecule has 1 aromatic carbocycles. The van der Waals surface area contributed by atoms with Crippen LogP contribution in [0.5, 0.6) is 0 Å². The molecule has 0 spiro atoms. The normalized spacial score (nSPS) is 20.5. The van der Waals surface area contributed by atoms with Gasteiger partial charge in [0, 0.05) is 24.0 Å². The van der Waals surface area contributed by atoms with Crippen LogP contribution >= 0.6 is 0 Å². The topological polar surface area (TPSA) is 82.7 Å². The third-order valence-corrected chi connectivity index (χ3v) is 4.85. The summed E-state index contributed by atoms with van der Waals surface area (Å²) in [6.45, 7) is 3.74. The highest BCUT2D eigenvalue weighted by molar-refractivity contribution is 5.95. The number of imidazole rings is 1. The van der Waals surface area contributed by atoms with Gasteiger partial charge in [0.15, 0.2) is 0 Å². The molecule has 3 heterocycles. The van der Waals surface area contributed by atoms with Crippen molar-refractivity contribution in [2.24, 2.45) is 5.41 Å². The molecule has 25 heavy (non-hydrogen) atoms. The average Bonchev–Trinajstić information content (AvgIpc) is 3.07. The van der Waals surface area contributed by atoms with Gasteiger partial charge < -0.3 is 15.6 Å². The zero-order valence-electron chi connectivity index (χ0n) is 14.2. The lowest BCUT2D eigenvalue weighted by Gasteiger charge is -2.32. The van der Waals surface area contributed by atoms with Gasteiger partial charge in [-0.1, -0.05) is 0 Å². The molecule has 1 fully saturated rings. The molecule has 1 saturated heterocycles. The highest BCUT2D eigenvalue weighted by atomic mass is 16.2. The standard InChI is InChI=1S/C19H21N5O/c1-19(8-2-9-21-12-19)18(25)22-14-5-3-13(4-6-14)17-23-15-7-10-20-11-16(15)24-17/h3-7,10-11,21H,2,8-9,12H2,1H3,(H,22,25)(H,23,24). The smallest absolute Gasteiger partial charge is 0.231 e. The summed E-state index contributed by atoms with van der Waals surface area (Å²) in [7, 11) is 0. The number of carbonyl (C=O) groups excluding carboxylic acids is 1. The summed E-state index contributed by atoms with van der Waals surface area (Å²) in [6.07, 6.45) is 5.44. The molecule has 0 aliphatic carbocycles. The largest absolute Gasteiger partial charge is 0.337 e. The number of fused-ring (bicyclic) bond motifs is 1. The van der Waals surface area contributed by atoms with Crippen LogP contribution in [0.4, 0.5) is 5.69 Å². The Hall–Kier alpha value is -2.73. The summed E-state index contributed by atoms with van der Waals surface area (Å²) in [5.74, 6) is 0.867. The first-order valence-electron chi connectivity index (χ1n) is 8.56. The highest BCUT2D eigenvalue weighted by Gasteiger charge is 2.34. The number of nitrogens with zero attached hydrogens (tertiary/aromatic N) is 2. The van der Waals surface area contributed by atoms with E-state index in [1.807, 2.05) is 37.3 Å². The third-order valence-electron chi connectivity index (χ3n) is 4.85. The average molecular weight is 335 g/mol. The number of H-pyrrole nitrogens is 1. The number of benzene rings is 1. The van der Waals surface area contributed by atoms with Gasteiger partial charge in [-0.05, 0) is 56.6 Å². The Morgan fingerprint density at radius 1 is 1.24 bits per heavy atom. The van der Waals surface area contributed by atoms with E-state index < -0.39 is 0 Å². The maximum atomic E-state index is 12.6. The number of piperidine rings is 1. The van der Waals surface area contributed by atoms with E-state index in [0.717, 1.165) is 54.0 Å². The summed E-state index contributed by atoms with van der Waals surface area (Å²) in [4.78, 5) is 24.5. The first-order chi connectivity index (χ1) is 12.1. The Bertz CT molecular complexity index is 861. The van der Waals surface area contributed by atoms with Crippen molar-refractivity contribution in [3.05, 3.63) is 42.7 Å². The number of aromatic nitrogens is 3. The van der Waals surface area contributed by atoms with E-state index in [4.69, 9.17) is 0 Å². The van der Waals surface area contributed by atoms with Crippen LogP contribution in [-0.4, -0.2) is 33.9 Å². The second kappa shape index (κ2) is 6.29. The molecule has 1 amide bonds. The van der Waals surface area contributed by atoms with Crippen LogP contribution < -0.4 is 10.6 Å². The lowest BCUT2D eigenvalue weighted by atomic mass is 9.82. The number of aromatic amines is 1. The predicted molar refractivity (Wildman–Crippen MR) is 98.2 cm³/mol.